The smallest absolute Gasteiger partial charge is 0.413 e. The third-order valence-electron chi connectivity index (χ3n) is 5.27. The molecule has 0 spiro atoms. The molecule has 0 saturated carbocycles. The second-order valence-electron chi connectivity index (χ2n) is 9.32. The molecule has 1 N–H and O–H groups in total. The fraction of sp³-hybridized carbons (Fsp3) is 0.357. The molecule has 10 nitrogen and oxygen atoms in total. The van der Waals surface area contributed by atoms with Crippen LogP contribution in [0, 0.1) is 5.92 Å². The molecular formula is C28H32N4O6. The van der Waals surface area contributed by atoms with Crippen LogP contribution < -0.4 is 5.32 Å². The van der Waals surface area contributed by atoms with Crippen LogP contribution in [0.1, 0.15) is 40.2 Å². The summed E-state index contributed by atoms with van der Waals surface area (Å²) in [4.78, 5) is 50.1. The van der Waals surface area contributed by atoms with Crippen molar-refractivity contribution >= 4 is 23.8 Å². The molecule has 3 aromatic rings. The lowest BCUT2D eigenvalue weighted by Crippen LogP contribution is -2.30. The fourth-order valence-corrected chi connectivity index (χ4v) is 3.72. The number of nitrogens with zero attached hydrogens (tertiary/aromatic N) is 3. The first-order valence-corrected chi connectivity index (χ1v) is 12.3. The van der Waals surface area contributed by atoms with Crippen LogP contribution in [-0.2, 0) is 30.2 Å². The maximum atomic E-state index is 12.7. The number of esters is 2. The molecule has 38 heavy (non-hydrogen) atoms. The molecule has 0 atom stereocenters. The zero-order chi connectivity index (χ0) is 27.7. The van der Waals surface area contributed by atoms with E-state index < -0.39 is 29.6 Å². The number of rotatable bonds is 9. The number of ether oxygens (including phenoxy) is 3. The van der Waals surface area contributed by atoms with Crippen LogP contribution in [0.5, 0.6) is 0 Å². The van der Waals surface area contributed by atoms with Gasteiger partial charge in [0, 0.05) is 24.2 Å². The molecular weight excluding hydrogens is 488 g/mol. The third-order valence-corrected chi connectivity index (χ3v) is 5.27. The van der Waals surface area contributed by atoms with E-state index in [4.69, 9.17) is 14.2 Å². The van der Waals surface area contributed by atoms with Gasteiger partial charge in [-0.15, -0.1) is 0 Å². The van der Waals surface area contributed by atoms with Crippen molar-refractivity contribution in [1.29, 1.82) is 0 Å². The molecule has 1 aromatic carbocycles. The molecule has 0 unspecified atom stereocenters. The van der Waals surface area contributed by atoms with E-state index in [0.717, 1.165) is 16.7 Å². The van der Waals surface area contributed by atoms with Crippen molar-refractivity contribution in [3.8, 4) is 22.3 Å². The number of hydrogen-bond donors (Lipinski definition) is 1. The standard InChI is InChI=1S/C28H32N4O6/c1-6-36-25(33)23(26(34)37-7-2)13-20-12-18(21-15-29-17-30-16-21)8-9-22(20)19-10-11-31-24(14-19)32-27(35)38-28(3,4)5/h8-12,14-17,23H,6-7,13H2,1-5H3,(H,31,32,35). The van der Waals surface area contributed by atoms with E-state index in [-0.39, 0.29) is 25.5 Å². The molecule has 3 rings (SSSR count). The summed E-state index contributed by atoms with van der Waals surface area (Å²) < 4.78 is 15.7. The Hall–Kier alpha value is -4.34. The first-order chi connectivity index (χ1) is 18.1. The summed E-state index contributed by atoms with van der Waals surface area (Å²) in [6.07, 6.45) is 5.74. The highest BCUT2D eigenvalue weighted by atomic mass is 16.6. The number of benzene rings is 1. The van der Waals surface area contributed by atoms with Gasteiger partial charge in [0.15, 0.2) is 5.92 Å². The van der Waals surface area contributed by atoms with Crippen LogP contribution in [0.4, 0.5) is 10.6 Å². The quantitative estimate of drug-likeness (QED) is 0.239. The minimum Gasteiger partial charge on any atom is -0.465 e. The Balaban J connectivity index is 2.04. The predicted molar refractivity (Wildman–Crippen MR) is 141 cm³/mol. The van der Waals surface area contributed by atoms with Crippen LogP contribution >= 0.6 is 0 Å². The lowest BCUT2D eigenvalue weighted by Gasteiger charge is -2.20. The topological polar surface area (TPSA) is 130 Å². The lowest BCUT2D eigenvalue weighted by atomic mass is 9.90. The predicted octanol–water partition coefficient (Wildman–Crippen LogP) is 4.84. The number of pyridine rings is 1. The third kappa shape index (κ3) is 7.83. The van der Waals surface area contributed by atoms with Gasteiger partial charge in [-0.1, -0.05) is 18.2 Å². The zero-order valence-electron chi connectivity index (χ0n) is 22.2. The largest absolute Gasteiger partial charge is 0.465 e. The Morgan fingerprint density at radius 2 is 1.55 bits per heavy atom. The Morgan fingerprint density at radius 3 is 2.16 bits per heavy atom. The maximum Gasteiger partial charge on any atom is 0.413 e. The minimum atomic E-state index is -1.16. The minimum absolute atomic E-state index is 0.0334. The normalized spacial score (nSPS) is 11.1. The van der Waals surface area contributed by atoms with Crippen molar-refractivity contribution in [2.24, 2.45) is 5.92 Å². The summed E-state index contributed by atoms with van der Waals surface area (Å²) in [6.45, 7) is 8.93. The number of aromatic nitrogens is 3. The van der Waals surface area contributed by atoms with Gasteiger partial charge in [-0.05, 0) is 75.4 Å². The molecule has 1 amide bonds. The summed E-state index contributed by atoms with van der Waals surface area (Å²) in [5.74, 6) is -2.19. The molecule has 0 aliphatic rings. The molecule has 2 heterocycles. The van der Waals surface area contributed by atoms with Crippen LogP contribution in [-0.4, -0.2) is 51.8 Å². The van der Waals surface area contributed by atoms with Gasteiger partial charge in [0.1, 0.15) is 17.7 Å². The molecule has 0 bridgehead atoms. The van der Waals surface area contributed by atoms with E-state index in [0.29, 0.717) is 11.1 Å². The second kappa shape index (κ2) is 12.8. The molecule has 2 aromatic heterocycles. The molecule has 0 radical (unpaired) electrons. The van der Waals surface area contributed by atoms with Gasteiger partial charge in [-0.2, -0.15) is 0 Å². The van der Waals surface area contributed by atoms with Gasteiger partial charge < -0.3 is 14.2 Å². The van der Waals surface area contributed by atoms with E-state index >= 15 is 0 Å². The number of amides is 1. The van der Waals surface area contributed by atoms with Crippen molar-refractivity contribution in [2.75, 3.05) is 18.5 Å². The number of carbonyl (C=O) groups is 3. The summed E-state index contributed by atoms with van der Waals surface area (Å²) in [6, 6.07) is 9.10. The number of nitrogens with one attached hydrogen (secondary N) is 1. The van der Waals surface area contributed by atoms with E-state index in [2.05, 4.69) is 20.3 Å². The number of anilines is 1. The van der Waals surface area contributed by atoms with E-state index in [1.54, 1.807) is 65.3 Å². The zero-order valence-corrected chi connectivity index (χ0v) is 22.2. The van der Waals surface area contributed by atoms with Gasteiger partial charge in [-0.3, -0.25) is 14.9 Å². The molecule has 0 aliphatic carbocycles. The monoisotopic (exact) mass is 520 g/mol. The van der Waals surface area contributed by atoms with Gasteiger partial charge in [0.25, 0.3) is 0 Å². The van der Waals surface area contributed by atoms with Gasteiger partial charge in [0.05, 0.1) is 13.2 Å². The summed E-state index contributed by atoms with van der Waals surface area (Å²) in [7, 11) is 0. The molecule has 200 valence electrons. The van der Waals surface area contributed by atoms with E-state index in [9.17, 15) is 14.4 Å². The van der Waals surface area contributed by atoms with Gasteiger partial charge >= 0.3 is 18.0 Å². The Morgan fingerprint density at radius 1 is 0.895 bits per heavy atom. The molecule has 0 aliphatic heterocycles. The fourth-order valence-electron chi connectivity index (χ4n) is 3.72. The number of hydrogen-bond acceptors (Lipinski definition) is 9. The summed E-state index contributed by atoms with van der Waals surface area (Å²) in [5.41, 5.74) is 3.04. The second-order valence-corrected chi connectivity index (χ2v) is 9.32. The highest BCUT2D eigenvalue weighted by molar-refractivity contribution is 5.95. The van der Waals surface area contributed by atoms with E-state index in [1.807, 2.05) is 18.2 Å². The number of carbonyl (C=O) groups excluding carboxylic acids is 3. The van der Waals surface area contributed by atoms with Crippen molar-refractivity contribution < 1.29 is 28.6 Å². The van der Waals surface area contributed by atoms with Crippen LogP contribution in [0.3, 0.4) is 0 Å². The first kappa shape index (κ1) is 28.2. The molecule has 10 heteroatoms. The van der Waals surface area contributed by atoms with Crippen molar-refractivity contribution in [2.45, 2.75) is 46.6 Å². The summed E-state index contributed by atoms with van der Waals surface area (Å²) in [5, 5.41) is 2.64. The molecule has 0 saturated heterocycles. The highest BCUT2D eigenvalue weighted by Gasteiger charge is 2.31. The molecule has 0 fully saturated rings. The maximum absolute atomic E-state index is 12.7. The van der Waals surface area contributed by atoms with Gasteiger partial charge in [-0.25, -0.2) is 19.7 Å². The Bertz CT molecular complexity index is 1260. The Labute approximate surface area is 221 Å². The van der Waals surface area contributed by atoms with Crippen LogP contribution in [0.25, 0.3) is 22.3 Å². The highest BCUT2D eigenvalue weighted by Crippen LogP contribution is 2.32. The average Bonchev–Trinajstić information content (AvgIpc) is 2.87. The SMILES string of the molecule is CCOC(=O)C(Cc1cc(-c2cncnc2)ccc1-c1ccnc(NC(=O)OC(C)(C)C)c1)C(=O)OCC. The van der Waals surface area contributed by atoms with Crippen molar-refractivity contribution in [1.82, 2.24) is 15.0 Å². The Kier molecular flexibility index (Phi) is 9.48. The first-order valence-electron chi connectivity index (χ1n) is 12.3. The van der Waals surface area contributed by atoms with Crippen molar-refractivity contribution in [3.63, 3.8) is 0 Å². The summed E-state index contributed by atoms with van der Waals surface area (Å²) >= 11 is 0. The van der Waals surface area contributed by atoms with Gasteiger partial charge in [0.2, 0.25) is 0 Å². The van der Waals surface area contributed by atoms with Crippen LogP contribution in [0.2, 0.25) is 0 Å². The van der Waals surface area contributed by atoms with E-state index in [1.165, 1.54) is 6.33 Å². The average molecular weight is 521 g/mol. The van der Waals surface area contributed by atoms with Crippen LogP contribution in [0.15, 0.2) is 55.2 Å². The van der Waals surface area contributed by atoms with Crippen molar-refractivity contribution in [3.05, 3.63) is 60.8 Å². The lowest BCUT2D eigenvalue weighted by molar-refractivity contribution is -0.161.